The van der Waals surface area contributed by atoms with Gasteiger partial charge in [-0.25, -0.2) is 19.5 Å². The summed E-state index contributed by atoms with van der Waals surface area (Å²) in [7, 11) is 1.86. The number of aryl methyl sites for hydroxylation is 1. The molecule has 0 saturated heterocycles. The zero-order valence-electron chi connectivity index (χ0n) is 24.7. The van der Waals surface area contributed by atoms with Crippen molar-refractivity contribution in [2.75, 3.05) is 18.0 Å². The topological polar surface area (TPSA) is 99.0 Å². The fourth-order valence-electron chi connectivity index (χ4n) is 4.84. The second-order valence-electron chi connectivity index (χ2n) is 12.3. The third-order valence-electron chi connectivity index (χ3n) is 6.64. The van der Waals surface area contributed by atoms with Crippen LogP contribution in [0.3, 0.4) is 0 Å². The van der Waals surface area contributed by atoms with Crippen molar-refractivity contribution in [3.63, 3.8) is 0 Å². The number of hydrogen-bond acceptors (Lipinski definition) is 7. The number of fused-ring (bicyclic) bond motifs is 2. The van der Waals surface area contributed by atoms with Crippen molar-refractivity contribution in [3.8, 4) is 16.9 Å². The summed E-state index contributed by atoms with van der Waals surface area (Å²) in [6.45, 7) is 12.3. The van der Waals surface area contributed by atoms with Crippen LogP contribution in [0.15, 0.2) is 48.9 Å². The van der Waals surface area contributed by atoms with Gasteiger partial charge in [0.25, 0.3) is 0 Å². The van der Waals surface area contributed by atoms with E-state index in [2.05, 4.69) is 10.1 Å². The van der Waals surface area contributed by atoms with Crippen LogP contribution in [0, 0.1) is 0 Å². The lowest BCUT2D eigenvalue weighted by molar-refractivity contribution is 0.0270. The first kappa shape index (κ1) is 28.2. The average Bonchev–Trinajstić information content (AvgIpc) is 3.24. The van der Waals surface area contributed by atoms with Crippen molar-refractivity contribution in [1.82, 2.24) is 19.7 Å². The Balaban J connectivity index is 1.50. The molecule has 0 spiro atoms. The average molecular weight is 560 g/mol. The molecule has 0 N–H and O–H groups in total. The lowest BCUT2D eigenvalue weighted by Crippen LogP contribution is -2.39. The highest BCUT2D eigenvalue weighted by Gasteiger charge is 2.34. The van der Waals surface area contributed by atoms with Crippen LogP contribution in [-0.2, 0) is 23.1 Å². The number of hydrogen-bond donors (Lipinski definition) is 0. The smallest absolute Gasteiger partial charge is 0.420 e. The maximum absolute atomic E-state index is 13.7. The molecule has 0 aliphatic carbocycles. The molecule has 0 bridgehead atoms. The quantitative estimate of drug-likeness (QED) is 0.355. The SMILES string of the molecule is Cn1cc(-c2ccnc3c2COc2cc(C4=CCN(C(=O)OC(C)(C)C)CC4)ccc2N3C(=O)OC(C)(C)C)cn1. The summed E-state index contributed by atoms with van der Waals surface area (Å²) in [5.74, 6) is 0.996. The van der Waals surface area contributed by atoms with Crippen molar-refractivity contribution in [1.29, 1.82) is 0 Å². The number of anilines is 2. The van der Waals surface area contributed by atoms with Crippen molar-refractivity contribution < 1.29 is 23.8 Å². The van der Waals surface area contributed by atoms with Crippen LogP contribution in [0.4, 0.5) is 21.1 Å². The lowest BCUT2D eigenvalue weighted by atomic mass is 9.98. The monoisotopic (exact) mass is 559 g/mol. The molecular weight excluding hydrogens is 522 g/mol. The van der Waals surface area contributed by atoms with E-state index in [1.54, 1.807) is 22.0 Å². The van der Waals surface area contributed by atoms with Crippen LogP contribution in [0.2, 0.25) is 0 Å². The Hall–Kier alpha value is -4.34. The predicted molar refractivity (Wildman–Crippen MR) is 156 cm³/mol. The Bertz CT molecular complexity index is 1510. The van der Waals surface area contributed by atoms with E-state index >= 15 is 0 Å². The number of aromatic nitrogens is 3. The third kappa shape index (κ3) is 6.21. The van der Waals surface area contributed by atoms with E-state index in [9.17, 15) is 9.59 Å². The van der Waals surface area contributed by atoms with Gasteiger partial charge in [-0.15, -0.1) is 0 Å². The molecule has 0 saturated carbocycles. The van der Waals surface area contributed by atoms with E-state index in [0.29, 0.717) is 36.8 Å². The van der Waals surface area contributed by atoms with E-state index in [1.807, 2.05) is 85.1 Å². The summed E-state index contributed by atoms with van der Waals surface area (Å²) in [5, 5.41) is 4.32. The predicted octanol–water partition coefficient (Wildman–Crippen LogP) is 6.47. The van der Waals surface area contributed by atoms with Gasteiger partial charge in [0.05, 0.1) is 11.9 Å². The molecule has 41 heavy (non-hydrogen) atoms. The second-order valence-corrected chi connectivity index (χ2v) is 12.3. The molecule has 10 nitrogen and oxygen atoms in total. The van der Waals surface area contributed by atoms with Gasteiger partial charge >= 0.3 is 12.2 Å². The molecule has 216 valence electrons. The van der Waals surface area contributed by atoms with Crippen LogP contribution in [0.5, 0.6) is 5.75 Å². The van der Waals surface area contributed by atoms with Gasteiger partial charge < -0.3 is 19.1 Å². The van der Waals surface area contributed by atoms with E-state index in [0.717, 1.165) is 27.8 Å². The molecule has 4 heterocycles. The van der Waals surface area contributed by atoms with Crippen LogP contribution in [0.25, 0.3) is 16.7 Å². The van der Waals surface area contributed by atoms with E-state index in [4.69, 9.17) is 14.2 Å². The third-order valence-corrected chi connectivity index (χ3v) is 6.64. The van der Waals surface area contributed by atoms with E-state index in [1.165, 1.54) is 4.90 Å². The van der Waals surface area contributed by atoms with Crippen molar-refractivity contribution in [2.45, 2.75) is 65.8 Å². The number of rotatable bonds is 2. The van der Waals surface area contributed by atoms with E-state index in [-0.39, 0.29) is 12.7 Å². The van der Waals surface area contributed by atoms with Gasteiger partial charge in [-0.1, -0.05) is 12.1 Å². The standard InChI is InChI=1S/C31H37N5O5/c1-30(2,3)40-28(37)35-14-11-20(12-15-35)21-8-9-25-26(16-21)39-19-24-23(22-17-33-34(7)18-22)10-13-32-27(24)36(25)29(38)41-31(4,5)6/h8-11,13,16-18H,12,14-15,19H2,1-7H3. The summed E-state index contributed by atoms with van der Waals surface area (Å²) >= 11 is 0. The molecule has 0 radical (unpaired) electrons. The molecule has 2 aliphatic rings. The van der Waals surface area contributed by atoms with Crippen molar-refractivity contribution in [2.24, 2.45) is 7.05 Å². The maximum atomic E-state index is 13.7. The van der Waals surface area contributed by atoms with Gasteiger partial charge in [-0.2, -0.15) is 5.10 Å². The normalized spacial score (nSPS) is 15.2. The Morgan fingerprint density at radius 1 is 0.976 bits per heavy atom. The van der Waals surface area contributed by atoms with Gasteiger partial charge in [0.1, 0.15) is 29.4 Å². The molecule has 2 amide bonds. The minimum atomic E-state index is -0.710. The molecule has 0 unspecified atom stereocenters. The molecular formula is C31H37N5O5. The molecule has 2 aliphatic heterocycles. The Kier molecular flexibility index (Phi) is 7.27. The number of carbonyl (C=O) groups excluding carboxylic acids is 2. The Morgan fingerprint density at radius 3 is 2.34 bits per heavy atom. The van der Waals surface area contributed by atoms with Gasteiger partial charge in [-0.3, -0.25) is 4.68 Å². The Labute approximate surface area is 240 Å². The van der Waals surface area contributed by atoms with Gasteiger partial charge in [0.15, 0.2) is 0 Å². The lowest BCUT2D eigenvalue weighted by Gasteiger charge is -2.30. The zero-order valence-corrected chi connectivity index (χ0v) is 24.7. The van der Waals surface area contributed by atoms with Crippen molar-refractivity contribution >= 4 is 29.3 Å². The highest BCUT2D eigenvalue weighted by molar-refractivity contribution is 5.99. The van der Waals surface area contributed by atoms with Crippen LogP contribution in [-0.4, -0.2) is 56.1 Å². The molecule has 1 aromatic carbocycles. The largest absolute Gasteiger partial charge is 0.487 e. The minimum absolute atomic E-state index is 0.203. The first-order valence-electron chi connectivity index (χ1n) is 13.7. The summed E-state index contributed by atoms with van der Waals surface area (Å²) in [5.41, 5.74) is 3.88. The minimum Gasteiger partial charge on any atom is -0.487 e. The van der Waals surface area contributed by atoms with Crippen LogP contribution in [0.1, 0.15) is 59.1 Å². The molecule has 0 atom stereocenters. The Morgan fingerprint density at radius 2 is 1.71 bits per heavy atom. The van der Waals surface area contributed by atoms with Crippen molar-refractivity contribution in [3.05, 3.63) is 60.1 Å². The molecule has 5 rings (SSSR count). The number of amides is 2. The van der Waals surface area contributed by atoms with Gasteiger partial charge in [0, 0.05) is 43.7 Å². The number of pyridine rings is 1. The number of benzene rings is 1. The fraction of sp³-hybridized carbons (Fsp3) is 0.419. The fourth-order valence-corrected chi connectivity index (χ4v) is 4.84. The summed E-state index contributed by atoms with van der Waals surface area (Å²) in [4.78, 5) is 34.0. The number of nitrogens with zero attached hydrogens (tertiary/aromatic N) is 5. The van der Waals surface area contributed by atoms with Crippen LogP contribution >= 0.6 is 0 Å². The number of ether oxygens (including phenoxy) is 3. The summed E-state index contributed by atoms with van der Waals surface area (Å²) in [6, 6.07) is 7.67. The highest BCUT2D eigenvalue weighted by atomic mass is 16.6. The van der Waals surface area contributed by atoms with E-state index < -0.39 is 17.3 Å². The first-order valence-corrected chi connectivity index (χ1v) is 13.7. The zero-order chi connectivity index (χ0) is 29.5. The second kappa shape index (κ2) is 10.6. The van der Waals surface area contributed by atoms with Crippen LogP contribution < -0.4 is 9.64 Å². The maximum Gasteiger partial charge on any atom is 0.420 e. The van der Waals surface area contributed by atoms with Gasteiger partial charge in [0.2, 0.25) is 0 Å². The molecule has 0 fully saturated rings. The molecule has 2 aromatic heterocycles. The number of carbonyl (C=O) groups is 2. The summed E-state index contributed by atoms with van der Waals surface area (Å²) in [6.07, 6.45) is 7.22. The van der Waals surface area contributed by atoms with Gasteiger partial charge in [-0.05, 0) is 82.9 Å². The first-order chi connectivity index (χ1) is 19.3. The highest BCUT2D eigenvalue weighted by Crippen LogP contribution is 2.43. The molecule has 10 heteroatoms. The molecule has 3 aromatic rings. The summed E-state index contributed by atoms with van der Waals surface area (Å²) < 4.78 is 19.5.